The Morgan fingerprint density at radius 3 is 2.25 bits per heavy atom. The van der Waals surface area contributed by atoms with E-state index >= 15 is 0 Å². The fraction of sp³-hybridized carbons (Fsp3) is 0.462. The van der Waals surface area contributed by atoms with Gasteiger partial charge in [0.05, 0.1) is 18.6 Å². The van der Waals surface area contributed by atoms with Crippen LogP contribution < -0.4 is 0 Å². The maximum Gasteiger partial charge on any atom is 0.106 e. The quantitative estimate of drug-likeness (QED) is 0.816. The summed E-state index contributed by atoms with van der Waals surface area (Å²) < 4.78 is 0. The van der Waals surface area contributed by atoms with Crippen molar-refractivity contribution in [3.8, 4) is 6.07 Å². The van der Waals surface area contributed by atoms with Crippen molar-refractivity contribution >= 4 is 0 Å². The highest BCUT2D eigenvalue weighted by Crippen LogP contribution is 2.25. The van der Waals surface area contributed by atoms with E-state index in [-0.39, 0.29) is 6.42 Å². The van der Waals surface area contributed by atoms with Gasteiger partial charge in [0, 0.05) is 0 Å². The van der Waals surface area contributed by atoms with Crippen molar-refractivity contribution in [3.63, 3.8) is 0 Å². The van der Waals surface area contributed by atoms with E-state index in [9.17, 15) is 10.2 Å². The molecule has 2 N–H and O–H groups in total. The minimum Gasteiger partial charge on any atom is -0.389 e. The molecular formula is C13H17NO2. The van der Waals surface area contributed by atoms with E-state index in [1.165, 1.54) is 0 Å². The second-order valence-electron chi connectivity index (χ2n) is 4.17. The summed E-state index contributed by atoms with van der Waals surface area (Å²) in [5, 5.41) is 28.0. The molecular weight excluding hydrogens is 202 g/mol. The lowest BCUT2D eigenvalue weighted by atomic mass is 9.94. The van der Waals surface area contributed by atoms with E-state index in [0.29, 0.717) is 5.56 Å². The van der Waals surface area contributed by atoms with Crippen molar-refractivity contribution in [2.75, 3.05) is 0 Å². The van der Waals surface area contributed by atoms with Crippen LogP contribution in [-0.4, -0.2) is 16.3 Å². The first-order valence-electron chi connectivity index (χ1n) is 5.28. The molecule has 0 saturated carbocycles. The third kappa shape index (κ3) is 2.60. The fourth-order valence-corrected chi connectivity index (χ4v) is 1.71. The average molecular weight is 219 g/mol. The van der Waals surface area contributed by atoms with Crippen molar-refractivity contribution in [2.45, 2.75) is 39.4 Å². The van der Waals surface area contributed by atoms with Gasteiger partial charge in [0.15, 0.2) is 0 Å². The molecule has 2 unspecified atom stereocenters. The Labute approximate surface area is 96.0 Å². The molecule has 0 aliphatic heterocycles. The molecule has 16 heavy (non-hydrogen) atoms. The first-order valence-corrected chi connectivity index (χ1v) is 5.28. The molecule has 0 aromatic heterocycles. The largest absolute Gasteiger partial charge is 0.389 e. The molecule has 1 aromatic rings. The highest BCUT2D eigenvalue weighted by Gasteiger charge is 2.20. The number of benzene rings is 1. The minimum absolute atomic E-state index is 0.0620. The van der Waals surface area contributed by atoms with Gasteiger partial charge >= 0.3 is 0 Å². The van der Waals surface area contributed by atoms with Crippen LogP contribution in [0.4, 0.5) is 0 Å². The Morgan fingerprint density at radius 2 is 1.69 bits per heavy atom. The zero-order chi connectivity index (χ0) is 12.3. The Hall–Kier alpha value is -1.37. The maximum atomic E-state index is 9.92. The molecule has 0 spiro atoms. The topological polar surface area (TPSA) is 64.2 Å². The highest BCUT2D eigenvalue weighted by atomic mass is 16.3. The fourth-order valence-electron chi connectivity index (χ4n) is 1.71. The normalized spacial score (nSPS) is 14.2. The zero-order valence-electron chi connectivity index (χ0n) is 9.86. The summed E-state index contributed by atoms with van der Waals surface area (Å²) in [5.74, 6) is 0. The van der Waals surface area contributed by atoms with Gasteiger partial charge in [0.1, 0.15) is 6.10 Å². The van der Waals surface area contributed by atoms with E-state index in [2.05, 4.69) is 0 Å². The van der Waals surface area contributed by atoms with Gasteiger partial charge < -0.3 is 10.2 Å². The minimum atomic E-state index is -1.02. The lowest BCUT2D eigenvalue weighted by molar-refractivity contribution is 0.0212. The standard InChI is InChI=1S/C13H17NO2/c1-8-6-10(3)11(7-9(8)2)13(16)12(15)4-5-14/h6-7,12-13,15-16H,4H2,1-3H3. The third-order valence-electron chi connectivity index (χ3n) is 2.87. The molecule has 0 radical (unpaired) electrons. The maximum absolute atomic E-state index is 9.92. The van der Waals surface area contributed by atoms with Gasteiger partial charge in [-0.05, 0) is 43.0 Å². The van der Waals surface area contributed by atoms with Gasteiger partial charge in [-0.15, -0.1) is 0 Å². The van der Waals surface area contributed by atoms with Crippen LogP contribution in [0.3, 0.4) is 0 Å². The SMILES string of the molecule is Cc1cc(C)c(C(O)C(O)CC#N)cc1C. The van der Waals surface area contributed by atoms with Crippen molar-refractivity contribution in [3.05, 3.63) is 34.4 Å². The summed E-state index contributed by atoms with van der Waals surface area (Å²) in [6, 6.07) is 5.70. The van der Waals surface area contributed by atoms with Gasteiger partial charge in [-0.3, -0.25) is 0 Å². The number of aliphatic hydroxyl groups excluding tert-OH is 2. The molecule has 86 valence electrons. The van der Waals surface area contributed by atoms with E-state index in [0.717, 1.165) is 16.7 Å². The van der Waals surface area contributed by atoms with E-state index in [1.54, 1.807) is 0 Å². The van der Waals surface area contributed by atoms with Gasteiger partial charge in [0.2, 0.25) is 0 Å². The highest BCUT2D eigenvalue weighted by molar-refractivity contribution is 5.38. The number of aliphatic hydroxyl groups is 2. The molecule has 3 nitrogen and oxygen atoms in total. The first kappa shape index (κ1) is 12.7. The van der Waals surface area contributed by atoms with Crippen LogP contribution in [0.2, 0.25) is 0 Å². The second kappa shape index (κ2) is 5.11. The Morgan fingerprint density at radius 1 is 1.12 bits per heavy atom. The Kier molecular flexibility index (Phi) is 4.05. The monoisotopic (exact) mass is 219 g/mol. The van der Waals surface area contributed by atoms with Crippen LogP contribution in [0.15, 0.2) is 12.1 Å². The molecule has 0 aliphatic carbocycles. The van der Waals surface area contributed by atoms with Crippen LogP contribution in [0.1, 0.15) is 34.8 Å². The Balaban J connectivity index is 3.04. The lowest BCUT2D eigenvalue weighted by Gasteiger charge is -2.19. The molecule has 0 amide bonds. The van der Waals surface area contributed by atoms with Gasteiger partial charge in [-0.25, -0.2) is 0 Å². The smallest absolute Gasteiger partial charge is 0.106 e. The Bertz CT molecular complexity index is 421. The number of hydrogen-bond donors (Lipinski definition) is 2. The van der Waals surface area contributed by atoms with Crippen LogP contribution in [0.25, 0.3) is 0 Å². The molecule has 0 aliphatic rings. The van der Waals surface area contributed by atoms with Gasteiger partial charge in [0.25, 0.3) is 0 Å². The number of hydrogen-bond acceptors (Lipinski definition) is 3. The molecule has 0 heterocycles. The number of aryl methyl sites for hydroxylation is 3. The number of nitriles is 1. The van der Waals surface area contributed by atoms with Crippen LogP contribution in [0, 0.1) is 32.1 Å². The zero-order valence-corrected chi connectivity index (χ0v) is 9.86. The van der Waals surface area contributed by atoms with Crippen molar-refractivity contribution < 1.29 is 10.2 Å². The second-order valence-corrected chi connectivity index (χ2v) is 4.17. The predicted molar refractivity (Wildman–Crippen MR) is 61.8 cm³/mol. The number of nitrogens with zero attached hydrogens (tertiary/aromatic N) is 1. The van der Waals surface area contributed by atoms with Crippen LogP contribution in [0.5, 0.6) is 0 Å². The van der Waals surface area contributed by atoms with Gasteiger partial charge in [-0.1, -0.05) is 12.1 Å². The summed E-state index contributed by atoms with van der Waals surface area (Å²) in [7, 11) is 0. The van der Waals surface area contributed by atoms with Crippen molar-refractivity contribution in [1.82, 2.24) is 0 Å². The van der Waals surface area contributed by atoms with E-state index in [1.807, 2.05) is 39.0 Å². The molecule has 2 atom stereocenters. The summed E-state index contributed by atoms with van der Waals surface area (Å²) in [6.07, 6.45) is -2.07. The van der Waals surface area contributed by atoms with Crippen molar-refractivity contribution in [1.29, 1.82) is 5.26 Å². The third-order valence-corrected chi connectivity index (χ3v) is 2.87. The average Bonchev–Trinajstić information content (AvgIpc) is 2.23. The molecule has 3 heteroatoms. The summed E-state index contributed by atoms with van der Waals surface area (Å²) >= 11 is 0. The summed E-state index contributed by atoms with van der Waals surface area (Å²) in [4.78, 5) is 0. The first-order chi connectivity index (χ1) is 7.47. The lowest BCUT2D eigenvalue weighted by Crippen LogP contribution is -2.18. The molecule has 1 aromatic carbocycles. The van der Waals surface area contributed by atoms with E-state index < -0.39 is 12.2 Å². The number of rotatable bonds is 3. The summed E-state index contributed by atoms with van der Waals surface area (Å²) in [5.41, 5.74) is 3.87. The van der Waals surface area contributed by atoms with Crippen molar-refractivity contribution in [2.24, 2.45) is 0 Å². The molecule has 0 saturated heterocycles. The molecule has 0 fully saturated rings. The van der Waals surface area contributed by atoms with Crippen LogP contribution >= 0.6 is 0 Å². The van der Waals surface area contributed by atoms with Gasteiger partial charge in [-0.2, -0.15) is 5.26 Å². The van der Waals surface area contributed by atoms with Crippen LogP contribution in [-0.2, 0) is 0 Å². The molecule has 1 rings (SSSR count). The molecule has 0 bridgehead atoms. The van der Waals surface area contributed by atoms with E-state index in [4.69, 9.17) is 5.26 Å². The predicted octanol–water partition coefficient (Wildman–Crippen LogP) is 1.92. The summed E-state index contributed by atoms with van der Waals surface area (Å²) in [6.45, 7) is 5.86.